The number of benzene rings is 1. The van der Waals surface area contributed by atoms with Crippen molar-refractivity contribution in [3.8, 4) is 0 Å². The maximum atomic E-state index is 11.9. The van der Waals surface area contributed by atoms with Crippen LogP contribution in [0.2, 0.25) is 0 Å². The van der Waals surface area contributed by atoms with Crippen LogP contribution < -0.4 is 10.6 Å². The monoisotopic (exact) mass is 364 g/mol. The molecule has 1 aromatic carbocycles. The van der Waals surface area contributed by atoms with Crippen molar-refractivity contribution >= 4 is 44.7 Å². The average Bonchev–Trinajstić information content (AvgIpc) is 3.28. The molecule has 2 aliphatic rings. The van der Waals surface area contributed by atoms with Gasteiger partial charge in [0, 0.05) is 22.2 Å². The molecule has 2 aromatic heterocycles. The quantitative estimate of drug-likeness (QED) is 0.711. The molecule has 3 aromatic rings. The number of aryl methyl sites for hydroxylation is 3. The maximum Gasteiger partial charge on any atom is 0.227 e. The molecular weight excluding hydrogens is 344 g/mol. The van der Waals surface area contributed by atoms with E-state index in [0.717, 1.165) is 53.5 Å². The molecule has 5 rings (SSSR count). The number of hydrogen-bond acceptors (Lipinski definition) is 5. The van der Waals surface area contributed by atoms with Crippen LogP contribution in [0, 0.1) is 12.8 Å². The van der Waals surface area contributed by atoms with Gasteiger partial charge in [-0.3, -0.25) is 4.79 Å². The number of thiophene rings is 1. The van der Waals surface area contributed by atoms with E-state index in [9.17, 15) is 4.79 Å². The number of aromatic nitrogens is 2. The van der Waals surface area contributed by atoms with E-state index in [-0.39, 0.29) is 11.8 Å². The molecule has 0 aliphatic heterocycles. The van der Waals surface area contributed by atoms with Gasteiger partial charge < -0.3 is 10.6 Å². The van der Waals surface area contributed by atoms with Crippen LogP contribution in [0.15, 0.2) is 24.3 Å². The lowest BCUT2D eigenvalue weighted by Gasteiger charge is -2.10. The first-order chi connectivity index (χ1) is 12.7. The fourth-order valence-electron chi connectivity index (χ4n) is 3.56. The van der Waals surface area contributed by atoms with Crippen LogP contribution >= 0.6 is 11.3 Å². The summed E-state index contributed by atoms with van der Waals surface area (Å²) in [5.74, 6) is 2.02. The van der Waals surface area contributed by atoms with Gasteiger partial charge in [0.1, 0.15) is 16.5 Å². The Morgan fingerprint density at radius 1 is 1.12 bits per heavy atom. The highest BCUT2D eigenvalue weighted by atomic mass is 32.1. The van der Waals surface area contributed by atoms with Crippen molar-refractivity contribution in [2.45, 2.75) is 39.0 Å². The molecule has 0 saturated heterocycles. The van der Waals surface area contributed by atoms with Gasteiger partial charge in [-0.05, 0) is 68.9 Å². The van der Waals surface area contributed by atoms with Crippen molar-refractivity contribution in [3.05, 3.63) is 40.5 Å². The molecule has 0 radical (unpaired) electrons. The summed E-state index contributed by atoms with van der Waals surface area (Å²) in [5, 5.41) is 7.61. The van der Waals surface area contributed by atoms with Crippen molar-refractivity contribution in [1.82, 2.24) is 9.97 Å². The zero-order chi connectivity index (χ0) is 17.7. The zero-order valence-corrected chi connectivity index (χ0v) is 15.4. The normalized spacial score (nSPS) is 15.9. The van der Waals surface area contributed by atoms with Gasteiger partial charge in [-0.25, -0.2) is 9.97 Å². The van der Waals surface area contributed by atoms with Crippen molar-refractivity contribution in [2.75, 3.05) is 10.6 Å². The number of hydrogen-bond donors (Lipinski definition) is 2. The van der Waals surface area contributed by atoms with Crippen LogP contribution in [-0.2, 0) is 17.6 Å². The number of carbonyl (C=O) groups is 1. The van der Waals surface area contributed by atoms with Gasteiger partial charge in [0.2, 0.25) is 5.91 Å². The van der Waals surface area contributed by atoms with Crippen LogP contribution in [0.4, 0.5) is 17.2 Å². The number of nitrogens with one attached hydrogen (secondary N) is 2. The summed E-state index contributed by atoms with van der Waals surface area (Å²) < 4.78 is 0. The van der Waals surface area contributed by atoms with Crippen LogP contribution in [0.3, 0.4) is 0 Å². The summed E-state index contributed by atoms with van der Waals surface area (Å²) >= 11 is 1.80. The number of anilines is 3. The van der Waals surface area contributed by atoms with Gasteiger partial charge in [0.25, 0.3) is 0 Å². The van der Waals surface area contributed by atoms with Gasteiger partial charge in [0.15, 0.2) is 0 Å². The maximum absolute atomic E-state index is 11.9. The lowest BCUT2D eigenvalue weighted by molar-refractivity contribution is -0.117. The van der Waals surface area contributed by atoms with Gasteiger partial charge in [-0.15, -0.1) is 11.3 Å². The average molecular weight is 364 g/mol. The molecule has 26 heavy (non-hydrogen) atoms. The molecule has 0 bridgehead atoms. The first kappa shape index (κ1) is 15.8. The second-order valence-corrected chi connectivity index (χ2v) is 8.21. The lowest BCUT2D eigenvalue weighted by Crippen LogP contribution is -2.13. The Labute approximate surface area is 155 Å². The van der Waals surface area contributed by atoms with Crippen molar-refractivity contribution < 1.29 is 4.79 Å². The van der Waals surface area contributed by atoms with E-state index in [0.29, 0.717) is 0 Å². The Morgan fingerprint density at radius 2 is 1.88 bits per heavy atom. The van der Waals surface area contributed by atoms with Crippen LogP contribution in [0.1, 0.15) is 35.5 Å². The minimum atomic E-state index is 0.132. The van der Waals surface area contributed by atoms with E-state index in [1.807, 2.05) is 31.2 Å². The minimum Gasteiger partial charge on any atom is -0.340 e. The number of nitrogens with zero attached hydrogens (tertiary/aromatic N) is 2. The Bertz CT molecular complexity index is 1000. The Balaban J connectivity index is 1.43. The summed E-state index contributed by atoms with van der Waals surface area (Å²) in [6, 6.07) is 7.84. The molecule has 6 heteroatoms. The molecule has 1 fully saturated rings. The first-order valence-electron chi connectivity index (χ1n) is 9.14. The van der Waals surface area contributed by atoms with Crippen LogP contribution in [-0.4, -0.2) is 15.9 Å². The second kappa shape index (κ2) is 6.06. The third-order valence-electron chi connectivity index (χ3n) is 5.04. The molecule has 0 atom stereocenters. The van der Waals surface area contributed by atoms with E-state index in [4.69, 9.17) is 0 Å². The van der Waals surface area contributed by atoms with Gasteiger partial charge >= 0.3 is 0 Å². The summed E-state index contributed by atoms with van der Waals surface area (Å²) in [4.78, 5) is 23.7. The van der Waals surface area contributed by atoms with Crippen LogP contribution in [0.5, 0.6) is 0 Å². The van der Waals surface area contributed by atoms with Gasteiger partial charge in [-0.2, -0.15) is 0 Å². The highest BCUT2D eigenvalue weighted by molar-refractivity contribution is 7.19. The van der Waals surface area contributed by atoms with E-state index in [1.54, 1.807) is 11.3 Å². The third kappa shape index (κ3) is 2.84. The molecule has 0 unspecified atom stereocenters. The minimum absolute atomic E-state index is 0.132. The number of carbonyl (C=O) groups excluding carboxylic acids is 1. The summed E-state index contributed by atoms with van der Waals surface area (Å²) in [6.07, 6.45) is 5.52. The molecule has 2 N–H and O–H groups in total. The van der Waals surface area contributed by atoms with Crippen molar-refractivity contribution in [3.63, 3.8) is 0 Å². The molecule has 5 nitrogen and oxygen atoms in total. The lowest BCUT2D eigenvalue weighted by atomic mass is 10.2. The second-order valence-electron chi connectivity index (χ2n) is 7.12. The van der Waals surface area contributed by atoms with E-state index in [2.05, 4.69) is 20.6 Å². The number of amides is 1. The largest absolute Gasteiger partial charge is 0.340 e. The fourth-order valence-corrected chi connectivity index (χ4v) is 4.86. The number of rotatable bonds is 4. The summed E-state index contributed by atoms with van der Waals surface area (Å²) in [7, 11) is 0. The Morgan fingerprint density at radius 3 is 2.65 bits per heavy atom. The molecule has 2 aliphatic carbocycles. The van der Waals surface area contributed by atoms with E-state index >= 15 is 0 Å². The van der Waals surface area contributed by atoms with Crippen molar-refractivity contribution in [1.29, 1.82) is 0 Å². The predicted molar refractivity (Wildman–Crippen MR) is 105 cm³/mol. The van der Waals surface area contributed by atoms with Gasteiger partial charge in [0.05, 0.1) is 5.39 Å². The van der Waals surface area contributed by atoms with Crippen LogP contribution in [0.25, 0.3) is 10.2 Å². The molecule has 0 spiro atoms. The fraction of sp³-hybridized carbons (Fsp3) is 0.350. The van der Waals surface area contributed by atoms with E-state index in [1.165, 1.54) is 22.2 Å². The van der Waals surface area contributed by atoms with Gasteiger partial charge in [-0.1, -0.05) is 0 Å². The molecule has 2 heterocycles. The number of fused-ring (bicyclic) bond motifs is 3. The molecule has 1 amide bonds. The summed E-state index contributed by atoms with van der Waals surface area (Å²) in [5.41, 5.74) is 3.22. The van der Waals surface area contributed by atoms with E-state index < -0.39 is 0 Å². The zero-order valence-electron chi connectivity index (χ0n) is 14.6. The summed E-state index contributed by atoms with van der Waals surface area (Å²) in [6.45, 7) is 1.94. The van der Waals surface area contributed by atoms with Crippen molar-refractivity contribution in [2.24, 2.45) is 5.92 Å². The molecule has 132 valence electrons. The molecular formula is C20H20N4OS. The smallest absolute Gasteiger partial charge is 0.227 e. The standard InChI is InChI=1S/C20H20N4OS/c1-11-21-18(17-15-3-2-4-16(15)26-20(17)22-11)23-13-7-9-14(10-8-13)24-19(25)12-5-6-12/h7-10,12H,2-6H2,1H3,(H,24,25)(H,21,22,23). The molecule has 1 saturated carbocycles. The first-order valence-corrected chi connectivity index (χ1v) is 9.96. The highest BCUT2D eigenvalue weighted by Crippen LogP contribution is 2.40. The SMILES string of the molecule is Cc1nc(Nc2ccc(NC(=O)C3CC3)cc2)c2c3c(sc2n1)CCC3. The Hall–Kier alpha value is -2.47. The third-order valence-corrected chi connectivity index (χ3v) is 6.23. The Kier molecular flexibility index (Phi) is 3.67. The predicted octanol–water partition coefficient (Wildman–Crippen LogP) is 4.58. The topological polar surface area (TPSA) is 66.9 Å². The highest BCUT2D eigenvalue weighted by Gasteiger charge is 2.29.